The number of benzene rings is 1. The minimum absolute atomic E-state index is 0.748. The standard InChI is InChI=1S/C17H21N3/c18-8-13-4-6-16(7-5-13)20-11-17(12-20)19-9-14-2-1-3-15(14)10-19/h4-7,14-15,17H,1-3,9-12H2. The summed E-state index contributed by atoms with van der Waals surface area (Å²) in [5.41, 5.74) is 2.01. The Morgan fingerprint density at radius 2 is 1.60 bits per heavy atom. The van der Waals surface area contributed by atoms with E-state index in [-0.39, 0.29) is 0 Å². The van der Waals surface area contributed by atoms with Crippen molar-refractivity contribution in [3.05, 3.63) is 29.8 Å². The minimum Gasteiger partial charge on any atom is -0.368 e. The smallest absolute Gasteiger partial charge is 0.0991 e. The molecule has 2 aliphatic heterocycles. The van der Waals surface area contributed by atoms with Crippen LogP contribution in [0.5, 0.6) is 0 Å². The quantitative estimate of drug-likeness (QED) is 0.824. The van der Waals surface area contributed by atoms with Crippen molar-refractivity contribution in [1.29, 1.82) is 5.26 Å². The molecule has 0 radical (unpaired) electrons. The van der Waals surface area contributed by atoms with E-state index < -0.39 is 0 Å². The Hall–Kier alpha value is -1.53. The van der Waals surface area contributed by atoms with Crippen molar-refractivity contribution >= 4 is 5.69 Å². The monoisotopic (exact) mass is 267 g/mol. The van der Waals surface area contributed by atoms with Gasteiger partial charge in [0.05, 0.1) is 11.6 Å². The molecular formula is C17H21N3. The Kier molecular flexibility index (Phi) is 2.93. The number of nitriles is 1. The van der Waals surface area contributed by atoms with Crippen LogP contribution in [0.4, 0.5) is 5.69 Å². The molecule has 0 bridgehead atoms. The van der Waals surface area contributed by atoms with Gasteiger partial charge in [0, 0.05) is 37.9 Å². The number of fused-ring (bicyclic) bond motifs is 1. The van der Waals surface area contributed by atoms with Crippen LogP contribution in [0.2, 0.25) is 0 Å². The van der Waals surface area contributed by atoms with Gasteiger partial charge < -0.3 is 4.90 Å². The van der Waals surface area contributed by atoms with Crippen LogP contribution < -0.4 is 4.90 Å². The molecular weight excluding hydrogens is 246 g/mol. The van der Waals surface area contributed by atoms with Gasteiger partial charge in [0.1, 0.15) is 0 Å². The molecule has 4 rings (SSSR count). The third-order valence-corrected chi connectivity index (χ3v) is 5.49. The van der Waals surface area contributed by atoms with E-state index >= 15 is 0 Å². The SMILES string of the molecule is N#Cc1ccc(N2CC(N3CC4CCCC4C3)C2)cc1. The number of hydrogen-bond donors (Lipinski definition) is 0. The Bertz CT molecular complexity index is 512. The maximum absolute atomic E-state index is 8.83. The molecule has 1 aliphatic carbocycles. The number of hydrogen-bond acceptors (Lipinski definition) is 3. The molecule has 1 aromatic rings. The molecule has 3 heteroatoms. The van der Waals surface area contributed by atoms with Crippen molar-refractivity contribution in [3.8, 4) is 6.07 Å². The van der Waals surface area contributed by atoms with Crippen molar-refractivity contribution in [1.82, 2.24) is 4.90 Å². The fourth-order valence-electron chi connectivity index (χ4n) is 4.21. The van der Waals surface area contributed by atoms with E-state index in [0.717, 1.165) is 36.5 Å². The first-order valence-corrected chi connectivity index (χ1v) is 7.82. The van der Waals surface area contributed by atoms with Gasteiger partial charge in [-0.05, 0) is 48.9 Å². The van der Waals surface area contributed by atoms with Gasteiger partial charge in [-0.15, -0.1) is 0 Å². The lowest BCUT2D eigenvalue weighted by molar-refractivity contribution is 0.190. The van der Waals surface area contributed by atoms with Crippen LogP contribution in [0, 0.1) is 23.2 Å². The van der Waals surface area contributed by atoms with Crippen molar-refractivity contribution < 1.29 is 0 Å². The second kappa shape index (κ2) is 4.79. The zero-order valence-electron chi connectivity index (χ0n) is 11.8. The Morgan fingerprint density at radius 1 is 0.950 bits per heavy atom. The van der Waals surface area contributed by atoms with Crippen molar-refractivity contribution in [2.45, 2.75) is 25.3 Å². The average Bonchev–Trinajstić information content (AvgIpc) is 2.99. The van der Waals surface area contributed by atoms with Gasteiger partial charge in [0.15, 0.2) is 0 Å². The molecule has 3 aliphatic rings. The van der Waals surface area contributed by atoms with E-state index in [4.69, 9.17) is 5.26 Å². The van der Waals surface area contributed by atoms with Gasteiger partial charge in [-0.25, -0.2) is 0 Å². The van der Waals surface area contributed by atoms with Crippen LogP contribution in [-0.4, -0.2) is 37.1 Å². The lowest BCUT2D eigenvalue weighted by Crippen LogP contribution is -2.59. The molecule has 2 unspecified atom stereocenters. The number of rotatable bonds is 2. The third-order valence-electron chi connectivity index (χ3n) is 5.49. The Balaban J connectivity index is 1.34. The predicted octanol–water partition coefficient (Wildman–Crippen LogP) is 2.48. The van der Waals surface area contributed by atoms with Crippen LogP contribution in [0.15, 0.2) is 24.3 Å². The predicted molar refractivity (Wildman–Crippen MR) is 79.6 cm³/mol. The summed E-state index contributed by atoms with van der Waals surface area (Å²) in [5, 5.41) is 8.83. The highest BCUT2D eigenvalue weighted by molar-refractivity contribution is 5.52. The van der Waals surface area contributed by atoms with Gasteiger partial charge in [0.2, 0.25) is 0 Å². The highest BCUT2D eigenvalue weighted by atomic mass is 15.3. The molecule has 1 saturated carbocycles. The lowest BCUT2D eigenvalue weighted by Gasteiger charge is -2.45. The molecule has 2 saturated heterocycles. The Labute approximate surface area is 120 Å². The van der Waals surface area contributed by atoms with Crippen molar-refractivity contribution in [2.24, 2.45) is 11.8 Å². The molecule has 1 aromatic carbocycles. The molecule has 0 spiro atoms. The highest BCUT2D eigenvalue weighted by Crippen LogP contribution is 2.39. The van der Waals surface area contributed by atoms with E-state index in [0.29, 0.717) is 0 Å². The summed E-state index contributed by atoms with van der Waals surface area (Å²) in [6.07, 6.45) is 4.39. The molecule has 2 heterocycles. The maximum atomic E-state index is 8.83. The summed E-state index contributed by atoms with van der Waals surface area (Å²) in [4.78, 5) is 5.16. The minimum atomic E-state index is 0.748. The average molecular weight is 267 g/mol. The first kappa shape index (κ1) is 12.2. The normalized spacial score (nSPS) is 30.1. The summed E-state index contributed by atoms with van der Waals surface area (Å²) in [7, 11) is 0. The van der Waals surface area contributed by atoms with Gasteiger partial charge in [-0.2, -0.15) is 5.26 Å². The van der Waals surface area contributed by atoms with E-state index in [9.17, 15) is 0 Å². The fourth-order valence-corrected chi connectivity index (χ4v) is 4.21. The second-order valence-electron chi connectivity index (χ2n) is 6.62. The summed E-state index contributed by atoms with van der Waals surface area (Å²) >= 11 is 0. The molecule has 0 aromatic heterocycles. The zero-order chi connectivity index (χ0) is 13.5. The fraction of sp³-hybridized carbons (Fsp3) is 0.588. The van der Waals surface area contributed by atoms with Gasteiger partial charge in [-0.3, -0.25) is 4.90 Å². The zero-order valence-corrected chi connectivity index (χ0v) is 11.8. The van der Waals surface area contributed by atoms with Crippen LogP contribution in [0.3, 0.4) is 0 Å². The van der Waals surface area contributed by atoms with Crippen LogP contribution in [-0.2, 0) is 0 Å². The van der Waals surface area contributed by atoms with Crippen molar-refractivity contribution in [3.63, 3.8) is 0 Å². The Morgan fingerprint density at radius 3 is 2.20 bits per heavy atom. The van der Waals surface area contributed by atoms with E-state index in [2.05, 4.69) is 28.0 Å². The van der Waals surface area contributed by atoms with Crippen LogP contribution >= 0.6 is 0 Å². The van der Waals surface area contributed by atoms with E-state index in [1.165, 1.54) is 38.0 Å². The molecule has 0 N–H and O–H groups in total. The van der Waals surface area contributed by atoms with E-state index in [1.807, 2.05) is 12.1 Å². The number of likely N-dealkylation sites (tertiary alicyclic amines) is 1. The molecule has 104 valence electrons. The molecule has 2 atom stereocenters. The molecule has 3 nitrogen and oxygen atoms in total. The van der Waals surface area contributed by atoms with Gasteiger partial charge >= 0.3 is 0 Å². The summed E-state index contributed by atoms with van der Waals surface area (Å²) in [5.74, 6) is 2.00. The van der Waals surface area contributed by atoms with Crippen LogP contribution in [0.25, 0.3) is 0 Å². The highest BCUT2D eigenvalue weighted by Gasteiger charge is 2.42. The topological polar surface area (TPSA) is 30.3 Å². The lowest BCUT2D eigenvalue weighted by atomic mass is 10.0. The molecule has 20 heavy (non-hydrogen) atoms. The van der Waals surface area contributed by atoms with Crippen molar-refractivity contribution in [2.75, 3.05) is 31.1 Å². The van der Waals surface area contributed by atoms with E-state index in [1.54, 1.807) is 0 Å². The number of anilines is 1. The largest absolute Gasteiger partial charge is 0.368 e. The first-order chi connectivity index (χ1) is 9.83. The number of nitrogens with zero attached hydrogens (tertiary/aromatic N) is 3. The van der Waals surface area contributed by atoms with Gasteiger partial charge in [0.25, 0.3) is 0 Å². The first-order valence-electron chi connectivity index (χ1n) is 7.82. The second-order valence-corrected chi connectivity index (χ2v) is 6.62. The summed E-state index contributed by atoms with van der Waals surface area (Å²) < 4.78 is 0. The summed E-state index contributed by atoms with van der Waals surface area (Å²) in [6.45, 7) is 5.00. The third kappa shape index (κ3) is 1.99. The van der Waals surface area contributed by atoms with Crippen LogP contribution in [0.1, 0.15) is 24.8 Å². The molecule has 3 fully saturated rings. The maximum Gasteiger partial charge on any atom is 0.0991 e. The summed E-state index contributed by atoms with van der Waals surface area (Å²) in [6, 6.07) is 10.9. The van der Waals surface area contributed by atoms with Gasteiger partial charge in [-0.1, -0.05) is 6.42 Å². The molecule has 0 amide bonds.